The maximum atomic E-state index is 12.5. The third kappa shape index (κ3) is 3.14. The first-order valence-corrected chi connectivity index (χ1v) is 11.6. The number of nitrogens with two attached hydrogens (primary N) is 1. The van der Waals surface area contributed by atoms with Gasteiger partial charge in [0.15, 0.2) is 4.34 Å². The van der Waals surface area contributed by atoms with E-state index >= 15 is 0 Å². The van der Waals surface area contributed by atoms with E-state index in [1.807, 2.05) is 4.90 Å². The van der Waals surface area contributed by atoms with Gasteiger partial charge in [-0.2, -0.15) is 0 Å². The molecule has 1 amide bonds. The summed E-state index contributed by atoms with van der Waals surface area (Å²) in [6.07, 6.45) is 8.73. The lowest BCUT2D eigenvalue weighted by atomic mass is 9.52. The van der Waals surface area contributed by atoms with E-state index in [1.54, 1.807) is 0 Å². The van der Waals surface area contributed by atoms with Crippen molar-refractivity contribution in [3.8, 4) is 0 Å². The van der Waals surface area contributed by atoms with Gasteiger partial charge in [0.25, 0.3) is 0 Å². The van der Waals surface area contributed by atoms with Crippen LogP contribution in [-0.4, -0.2) is 63.4 Å². The largest absolute Gasteiger partial charge is 0.374 e. The zero-order valence-corrected chi connectivity index (χ0v) is 16.7. The van der Waals surface area contributed by atoms with Gasteiger partial charge < -0.3 is 10.6 Å². The third-order valence-electron chi connectivity index (χ3n) is 7.05. The van der Waals surface area contributed by atoms with Gasteiger partial charge in [0.05, 0.1) is 5.75 Å². The fourth-order valence-electron chi connectivity index (χ4n) is 6.38. The number of anilines is 1. The van der Waals surface area contributed by atoms with Gasteiger partial charge in [-0.15, -0.1) is 10.2 Å². The standard InChI is InChI=1S/C18H27N5OS2/c19-16-20-21-17(26-16)25-11-15(24)22-1-3-23(4-2-22)18-8-12-5-13(9-18)7-14(6-12)10-18/h12-14H,1-11H2,(H2,19,20). The first kappa shape index (κ1) is 17.3. The summed E-state index contributed by atoms with van der Waals surface area (Å²) in [5, 5.41) is 8.24. The molecule has 6 rings (SSSR count). The minimum absolute atomic E-state index is 0.217. The molecule has 6 nitrogen and oxygen atoms in total. The molecule has 5 fully saturated rings. The highest BCUT2D eigenvalue weighted by molar-refractivity contribution is 8.01. The summed E-state index contributed by atoms with van der Waals surface area (Å²) >= 11 is 2.80. The van der Waals surface area contributed by atoms with Crippen LogP contribution in [0.2, 0.25) is 0 Å². The Balaban J connectivity index is 1.16. The number of amides is 1. The fourth-order valence-corrected chi connectivity index (χ4v) is 7.91. The molecule has 0 atom stereocenters. The van der Waals surface area contributed by atoms with Crippen molar-refractivity contribution in [3.05, 3.63) is 0 Å². The Labute approximate surface area is 162 Å². The predicted molar refractivity (Wildman–Crippen MR) is 104 cm³/mol. The number of aromatic nitrogens is 2. The lowest BCUT2D eigenvalue weighted by Crippen LogP contribution is -2.64. The molecule has 26 heavy (non-hydrogen) atoms. The van der Waals surface area contributed by atoms with Crippen LogP contribution in [-0.2, 0) is 4.79 Å². The maximum Gasteiger partial charge on any atom is 0.233 e. The number of hydrogen-bond acceptors (Lipinski definition) is 7. The molecule has 1 aromatic rings. The molecule has 2 N–H and O–H groups in total. The van der Waals surface area contributed by atoms with Gasteiger partial charge in [0, 0.05) is 31.7 Å². The summed E-state index contributed by atoms with van der Waals surface area (Å²) in [5.41, 5.74) is 6.07. The van der Waals surface area contributed by atoms with Crippen molar-refractivity contribution in [2.75, 3.05) is 37.7 Å². The smallest absolute Gasteiger partial charge is 0.233 e. The van der Waals surface area contributed by atoms with E-state index in [4.69, 9.17) is 5.73 Å². The van der Waals surface area contributed by atoms with Crippen LogP contribution in [0.1, 0.15) is 38.5 Å². The Kier molecular flexibility index (Phi) is 4.40. The van der Waals surface area contributed by atoms with Crippen molar-refractivity contribution in [1.82, 2.24) is 20.0 Å². The van der Waals surface area contributed by atoms with Crippen molar-refractivity contribution in [2.24, 2.45) is 17.8 Å². The van der Waals surface area contributed by atoms with E-state index in [-0.39, 0.29) is 5.91 Å². The van der Waals surface area contributed by atoms with Gasteiger partial charge in [-0.3, -0.25) is 9.69 Å². The molecule has 2 heterocycles. The van der Waals surface area contributed by atoms with Crippen molar-refractivity contribution in [2.45, 2.75) is 48.4 Å². The highest BCUT2D eigenvalue weighted by Crippen LogP contribution is 2.57. The SMILES string of the molecule is Nc1nnc(SCC(=O)N2CCN(C34CC5CC(CC(C5)C3)C4)CC2)s1. The minimum Gasteiger partial charge on any atom is -0.374 e. The monoisotopic (exact) mass is 393 g/mol. The molecule has 4 saturated carbocycles. The van der Waals surface area contributed by atoms with Crippen molar-refractivity contribution in [1.29, 1.82) is 0 Å². The first-order chi connectivity index (χ1) is 12.6. The van der Waals surface area contributed by atoms with Gasteiger partial charge in [0.1, 0.15) is 0 Å². The molecule has 0 spiro atoms. The van der Waals surface area contributed by atoms with E-state index in [0.717, 1.165) is 48.3 Å². The van der Waals surface area contributed by atoms with Crippen LogP contribution in [0.4, 0.5) is 5.13 Å². The Morgan fingerprint density at radius 3 is 2.23 bits per heavy atom. The van der Waals surface area contributed by atoms with Crippen LogP contribution in [0.3, 0.4) is 0 Å². The second-order valence-electron chi connectivity index (χ2n) is 8.70. The molecule has 4 aliphatic carbocycles. The van der Waals surface area contributed by atoms with E-state index in [2.05, 4.69) is 15.1 Å². The quantitative estimate of drug-likeness (QED) is 0.792. The molecule has 8 heteroatoms. The average molecular weight is 394 g/mol. The van der Waals surface area contributed by atoms with E-state index < -0.39 is 0 Å². The molecule has 142 valence electrons. The Morgan fingerprint density at radius 2 is 1.69 bits per heavy atom. The van der Waals surface area contributed by atoms with Crippen LogP contribution in [0.25, 0.3) is 0 Å². The van der Waals surface area contributed by atoms with Crippen LogP contribution in [0, 0.1) is 17.8 Å². The van der Waals surface area contributed by atoms with Crippen molar-refractivity contribution in [3.63, 3.8) is 0 Å². The zero-order chi connectivity index (χ0) is 17.7. The molecule has 1 saturated heterocycles. The summed E-state index contributed by atoms with van der Waals surface area (Å²) in [7, 11) is 0. The topological polar surface area (TPSA) is 75.3 Å². The minimum atomic E-state index is 0.217. The molecule has 0 aromatic carbocycles. The number of piperazine rings is 1. The van der Waals surface area contributed by atoms with Gasteiger partial charge in [-0.25, -0.2) is 0 Å². The second-order valence-corrected chi connectivity index (χ2v) is 10.9. The predicted octanol–water partition coefficient (Wildman–Crippen LogP) is 2.33. The summed E-state index contributed by atoms with van der Waals surface area (Å²) in [5.74, 6) is 3.60. The summed E-state index contributed by atoms with van der Waals surface area (Å²) < 4.78 is 0.781. The van der Waals surface area contributed by atoms with Gasteiger partial charge in [-0.05, 0) is 56.3 Å². The Bertz CT molecular complexity index is 650. The normalized spacial score (nSPS) is 36.6. The average Bonchev–Trinajstić information content (AvgIpc) is 3.04. The van der Waals surface area contributed by atoms with Gasteiger partial charge in [0.2, 0.25) is 11.0 Å². The fraction of sp³-hybridized carbons (Fsp3) is 0.833. The molecule has 0 radical (unpaired) electrons. The number of hydrogen-bond donors (Lipinski definition) is 1. The van der Waals surface area contributed by atoms with Crippen LogP contribution in [0.15, 0.2) is 4.34 Å². The Hall–Kier alpha value is -0.860. The number of nitrogens with zero attached hydrogens (tertiary/aromatic N) is 4. The number of rotatable bonds is 4. The van der Waals surface area contributed by atoms with E-state index in [1.165, 1.54) is 61.6 Å². The first-order valence-electron chi connectivity index (χ1n) is 9.84. The van der Waals surface area contributed by atoms with E-state index in [9.17, 15) is 4.79 Å². The molecule has 5 aliphatic rings. The maximum absolute atomic E-state index is 12.5. The molecular formula is C18H27N5OS2. The molecule has 1 aliphatic heterocycles. The lowest BCUT2D eigenvalue weighted by Gasteiger charge is -2.61. The number of thioether (sulfide) groups is 1. The van der Waals surface area contributed by atoms with Crippen molar-refractivity contribution >= 4 is 34.1 Å². The van der Waals surface area contributed by atoms with Gasteiger partial charge in [-0.1, -0.05) is 23.1 Å². The van der Waals surface area contributed by atoms with Crippen LogP contribution >= 0.6 is 23.1 Å². The van der Waals surface area contributed by atoms with Crippen molar-refractivity contribution < 1.29 is 4.79 Å². The molecule has 1 aromatic heterocycles. The number of carbonyl (C=O) groups is 1. The third-order valence-corrected chi connectivity index (χ3v) is 8.92. The Morgan fingerprint density at radius 1 is 1.08 bits per heavy atom. The van der Waals surface area contributed by atoms with E-state index in [0.29, 0.717) is 16.4 Å². The summed E-state index contributed by atoms with van der Waals surface area (Å²) in [6.45, 7) is 3.85. The van der Waals surface area contributed by atoms with Crippen LogP contribution < -0.4 is 5.73 Å². The number of nitrogen functional groups attached to an aromatic ring is 1. The number of carbonyl (C=O) groups excluding carboxylic acids is 1. The molecule has 0 unspecified atom stereocenters. The highest BCUT2D eigenvalue weighted by atomic mass is 32.2. The van der Waals surface area contributed by atoms with Gasteiger partial charge >= 0.3 is 0 Å². The second kappa shape index (κ2) is 6.63. The highest BCUT2D eigenvalue weighted by Gasteiger charge is 2.53. The zero-order valence-electron chi connectivity index (χ0n) is 15.1. The summed E-state index contributed by atoms with van der Waals surface area (Å²) in [4.78, 5) is 17.3. The molecule has 4 bridgehead atoms. The lowest BCUT2D eigenvalue weighted by molar-refractivity contribution is -0.135. The molecular weight excluding hydrogens is 366 g/mol. The van der Waals surface area contributed by atoms with Crippen LogP contribution in [0.5, 0.6) is 0 Å². The summed E-state index contributed by atoms with van der Waals surface area (Å²) in [6, 6.07) is 0.